The highest BCUT2D eigenvalue weighted by Gasteiger charge is 2.04. The zero-order chi connectivity index (χ0) is 16.5. The molecule has 0 atom stereocenters. The fourth-order valence-corrected chi connectivity index (χ4v) is 1.99. The van der Waals surface area contributed by atoms with Crippen molar-refractivity contribution in [3.8, 4) is 11.5 Å². The van der Waals surface area contributed by atoms with Gasteiger partial charge in [-0.3, -0.25) is 4.79 Å². The third-order valence-electron chi connectivity index (χ3n) is 3.18. The Bertz CT molecular complexity index is 650. The van der Waals surface area contributed by atoms with Gasteiger partial charge in [0, 0.05) is 5.69 Å². The number of hydrogen-bond acceptors (Lipinski definition) is 3. The van der Waals surface area contributed by atoms with Gasteiger partial charge < -0.3 is 14.8 Å². The number of carbonyl (C=O) groups excluding carboxylic acids is 1. The molecule has 0 spiro atoms. The van der Waals surface area contributed by atoms with E-state index in [4.69, 9.17) is 9.47 Å². The summed E-state index contributed by atoms with van der Waals surface area (Å²) in [6.07, 6.45) is 2.62. The Kier molecular flexibility index (Phi) is 6.24. The van der Waals surface area contributed by atoms with E-state index in [-0.39, 0.29) is 12.5 Å². The summed E-state index contributed by atoms with van der Waals surface area (Å²) in [4.78, 5) is 11.9. The van der Waals surface area contributed by atoms with Crippen LogP contribution in [0, 0.1) is 0 Å². The molecule has 2 aromatic rings. The van der Waals surface area contributed by atoms with Crippen LogP contribution in [0.5, 0.6) is 11.5 Å². The average Bonchev–Trinajstić information content (AvgIpc) is 2.59. The van der Waals surface area contributed by atoms with Crippen LogP contribution in [0.3, 0.4) is 0 Å². The number of rotatable bonds is 8. The van der Waals surface area contributed by atoms with E-state index < -0.39 is 0 Å². The van der Waals surface area contributed by atoms with Gasteiger partial charge in [-0.25, -0.2) is 0 Å². The van der Waals surface area contributed by atoms with Crippen LogP contribution < -0.4 is 14.8 Å². The summed E-state index contributed by atoms with van der Waals surface area (Å²) in [5.41, 5.74) is 1.88. The lowest BCUT2D eigenvalue weighted by Gasteiger charge is -2.09. The molecule has 0 fully saturated rings. The van der Waals surface area contributed by atoms with E-state index in [0.29, 0.717) is 18.0 Å². The second-order valence-corrected chi connectivity index (χ2v) is 4.96. The topological polar surface area (TPSA) is 47.6 Å². The number of benzene rings is 2. The van der Waals surface area contributed by atoms with Crippen molar-refractivity contribution in [2.75, 3.05) is 18.5 Å². The van der Waals surface area contributed by atoms with Gasteiger partial charge in [0.15, 0.2) is 6.61 Å². The Labute approximate surface area is 136 Å². The standard InChI is InChI=1S/C19H21NO3/c1-3-12-22-17-10-8-16(9-11-17)20-19(21)14-23-18-7-5-6-15(4-2)13-18/h3,5-11,13H,1,4,12,14H2,2H3,(H,20,21). The molecule has 0 unspecified atom stereocenters. The van der Waals surface area contributed by atoms with E-state index in [0.717, 1.165) is 12.2 Å². The maximum Gasteiger partial charge on any atom is 0.262 e. The summed E-state index contributed by atoms with van der Waals surface area (Å²) in [7, 11) is 0. The first-order chi connectivity index (χ1) is 11.2. The highest BCUT2D eigenvalue weighted by Crippen LogP contribution is 2.16. The minimum atomic E-state index is -0.202. The van der Waals surface area contributed by atoms with Crippen molar-refractivity contribution in [2.24, 2.45) is 0 Å². The second kappa shape index (κ2) is 8.63. The fourth-order valence-electron chi connectivity index (χ4n) is 1.99. The molecule has 0 bridgehead atoms. The first-order valence-corrected chi connectivity index (χ1v) is 7.56. The number of anilines is 1. The highest BCUT2D eigenvalue weighted by atomic mass is 16.5. The first-order valence-electron chi connectivity index (χ1n) is 7.56. The molecule has 1 amide bonds. The van der Waals surface area contributed by atoms with Crippen LogP contribution >= 0.6 is 0 Å². The zero-order valence-corrected chi connectivity index (χ0v) is 13.2. The molecule has 0 aliphatic heterocycles. The van der Waals surface area contributed by atoms with Gasteiger partial charge in [0.1, 0.15) is 18.1 Å². The number of nitrogens with one attached hydrogen (secondary N) is 1. The first kappa shape index (κ1) is 16.6. The Hall–Kier alpha value is -2.75. The maximum absolute atomic E-state index is 11.9. The van der Waals surface area contributed by atoms with Crippen molar-refractivity contribution in [1.82, 2.24) is 0 Å². The van der Waals surface area contributed by atoms with Gasteiger partial charge >= 0.3 is 0 Å². The third-order valence-corrected chi connectivity index (χ3v) is 3.18. The minimum absolute atomic E-state index is 0.0259. The zero-order valence-electron chi connectivity index (χ0n) is 13.2. The molecule has 23 heavy (non-hydrogen) atoms. The molecule has 0 aliphatic carbocycles. The minimum Gasteiger partial charge on any atom is -0.490 e. The molecule has 0 saturated heterocycles. The number of aryl methyl sites for hydroxylation is 1. The van der Waals surface area contributed by atoms with Crippen LogP contribution in [-0.2, 0) is 11.2 Å². The summed E-state index contributed by atoms with van der Waals surface area (Å²) in [5.74, 6) is 1.23. The second-order valence-electron chi connectivity index (χ2n) is 4.96. The Morgan fingerprint density at radius 3 is 2.61 bits per heavy atom. The van der Waals surface area contributed by atoms with Gasteiger partial charge in [0.25, 0.3) is 5.91 Å². The van der Waals surface area contributed by atoms with E-state index in [1.807, 2.05) is 24.3 Å². The molecule has 0 saturated carbocycles. The normalized spacial score (nSPS) is 9.96. The lowest BCUT2D eigenvalue weighted by molar-refractivity contribution is -0.118. The lowest BCUT2D eigenvalue weighted by Crippen LogP contribution is -2.20. The van der Waals surface area contributed by atoms with E-state index in [1.165, 1.54) is 5.56 Å². The predicted octanol–water partition coefficient (Wildman–Crippen LogP) is 3.83. The summed E-state index contributed by atoms with van der Waals surface area (Å²) in [6, 6.07) is 14.9. The molecule has 0 aliphatic rings. The van der Waals surface area contributed by atoms with Crippen molar-refractivity contribution in [3.63, 3.8) is 0 Å². The van der Waals surface area contributed by atoms with Gasteiger partial charge in [0.05, 0.1) is 0 Å². The highest BCUT2D eigenvalue weighted by molar-refractivity contribution is 5.91. The molecule has 4 heteroatoms. The van der Waals surface area contributed by atoms with Crippen LogP contribution in [0.2, 0.25) is 0 Å². The lowest BCUT2D eigenvalue weighted by atomic mass is 10.2. The van der Waals surface area contributed by atoms with Crippen molar-refractivity contribution in [2.45, 2.75) is 13.3 Å². The Balaban J connectivity index is 1.83. The molecule has 0 aromatic heterocycles. The number of hydrogen-bond donors (Lipinski definition) is 1. The summed E-state index contributed by atoms with van der Waals surface area (Å²) >= 11 is 0. The summed E-state index contributed by atoms with van der Waals surface area (Å²) in [6.45, 7) is 6.10. The van der Waals surface area contributed by atoms with E-state index in [2.05, 4.69) is 18.8 Å². The van der Waals surface area contributed by atoms with Gasteiger partial charge in [-0.2, -0.15) is 0 Å². The summed E-state index contributed by atoms with van der Waals surface area (Å²) < 4.78 is 10.9. The molecule has 4 nitrogen and oxygen atoms in total. The molecule has 120 valence electrons. The average molecular weight is 311 g/mol. The molecule has 0 radical (unpaired) electrons. The van der Waals surface area contributed by atoms with E-state index in [9.17, 15) is 4.79 Å². The van der Waals surface area contributed by atoms with Gasteiger partial charge in [-0.15, -0.1) is 0 Å². The van der Waals surface area contributed by atoms with Crippen molar-refractivity contribution >= 4 is 11.6 Å². The van der Waals surface area contributed by atoms with Gasteiger partial charge in [0.2, 0.25) is 0 Å². The smallest absolute Gasteiger partial charge is 0.262 e. The number of ether oxygens (including phenoxy) is 2. The third kappa shape index (κ3) is 5.51. The SMILES string of the molecule is C=CCOc1ccc(NC(=O)COc2cccc(CC)c2)cc1. The van der Waals surface area contributed by atoms with Crippen LogP contribution in [0.15, 0.2) is 61.2 Å². The molecule has 2 aromatic carbocycles. The molecule has 0 heterocycles. The Morgan fingerprint density at radius 1 is 1.13 bits per heavy atom. The Morgan fingerprint density at radius 2 is 1.91 bits per heavy atom. The van der Waals surface area contributed by atoms with Crippen molar-refractivity contribution < 1.29 is 14.3 Å². The number of amides is 1. The fraction of sp³-hybridized carbons (Fsp3) is 0.211. The van der Waals surface area contributed by atoms with E-state index in [1.54, 1.807) is 30.3 Å². The van der Waals surface area contributed by atoms with Crippen molar-refractivity contribution in [1.29, 1.82) is 0 Å². The molecule has 1 N–H and O–H groups in total. The maximum atomic E-state index is 11.9. The van der Waals surface area contributed by atoms with Crippen LogP contribution in [0.1, 0.15) is 12.5 Å². The van der Waals surface area contributed by atoms with Crippen LogP contribution in [-0.4, -0.2) is 19.1 Å². The van der Waals surface area contributed by atoms with Gasteiger partial charge in [-0.05, 0) is 48.4 Å². The molecule has 2 rings (SSSR count). The molecular formula is C19H21NO3. The van der Waals surface area contributed by atoms with Crippen molar-refractivity contribution in [3.05, 3.63) is 66.7 Å². The number of carbonyl (C=O) groups is 1. The molecular weight excluding hydrogens is 290 g/mol. The quantitative estimate of drug-likeness (QED) is 0.754. The van der Waals surface area contributed by atoms with Crippen LogP contribution in [0.4, 0.5) is 5.69 Å². The largest absolute Gasteiger partial charge is 0.490 e. The summed E-state index contributed by atoms with van der Waals surface area (Å²) in [5, 5.41) is 2.78. The predicted molar refractivity (Wildman–Crippen MR) is 92.1 cm³/mol. The monoisotopic (exact) mass is 311 g/mol. The van der Waals surface area contributed by atoms with Crippen LogP contribution in [0.25, 0.3) is 0 Å². The van der Waals surface area contributed by atoms with E-state index >= 15 is 0 Å². The van der Waals surface area contributed by atoms with Gasteiger partial charge in [-0.1, -0.05) is 31.7 Å².